The molecule has 0 spiro atoms. The molecule has 6 heteroatoms. The molecule has 0 aromatic carbocycles. The van der Waals surface area contributed by atoms with Gasteiger partial charge in [-0.25, -0.2) is 0 Å². The molecule has 8 heavy (non-hydrogen) atoms. The van der Waals surface area contributed by atoms with Crippen LogP contribution in [0, 0.1) is 0 Å². The van der Waals surface area contributed by atoms with Gasteiger partial charge in [0, 0.05) is 6.92 Å². The summed E-state index contributed by atoms with van der Waals surface area (Å²) >= 11 is 0. The van der Waals surface area contributed by atoms with Crippen molar-refractivity contribution in [3.8, 4) is 0 Å². The number of carbonyl (C=O) groups is 1. The first-order valence-electron chi connectivity index (χ1n) is 1.13. The van der Waals surface area contributed by atoms with Crippen LogP contribution in [0.5, 0.6) is 0 Å². The highest BCUT2D eigenvalue weighted by Crippen LogP contribution is 1.42. The van der Waals surface area contributed by atoms with Gasteiger partial charge in [0.25, 0.3) is 5.97 Å². The van der Waals surface area contributed by atoms with Crippen molar-refractivity contribution in [2.75, 3.05) is 0 Å². The van der Waals surface area contributed by atoms with Crippen LogP contribution in [0.15, 0.2) is 0 Å². The van der Waals surface area contributed by atoms with Crippen LogP contribution in [0.4, 0.5) is 0 Å². The van der Waals surface area contributed by atoms with Crippen molar-refractivity contribution < 1.29 is 31.4 Å². The van der Waals surface area contributed by atoms with E-state index in [0.717, 1.165) is 6.92 Å². The number of hydrogen-bond donors (Lipinski definition) is 3. The maximum absolute atomic E-state index is 9.00. The molecule has 7 N–H and O–H groups in total. The number of hydrogen-bond acceptors (Lipinski definition) is 3. The molecule has 0 radical (unpaired) electrons. The normalized spacial score (nSPS) is 3.88. The van der Waals surface area contributed by atoms with Crippen LogP contribution < -0.4 is 0 Å². The van der Waals surface area contributed by atoms with Gasteiger partial charge < -0.3 is 16.1 Å². The van der Waals surface area contributed by atoms with Crippen molar-refractivity contribution >= 4 is 5.97 Å². The zero-order valence-corrected chi connectivity index (χ0v) is 4.25. The minimum Gasteiger partial charge on any atom is -0.481 e. The Hall–Kier alpha value is -0.690. The summed E-state index contributed by atoms with van der Waals surface area (Å²) in [5.74, 6) is -0.833. The van der Waals surface area contributed by atoms with E-state index in [-0.39, 0.29) is 11.0 Å². The van der Waals surface area contributed by atoms with Gasteiger partial charge in [-0.3, -0.25) is 15.3 Å². The summed E-state index contributed by atoms with van der Waals surface area (Å²) in [4.78, 5) is 9.00. The second-order valence-corrected chi connectivity index (χ2v) is 0.519. The van der Waals surface area contributed by atoms with E-state index in [0.29, 0.717) is 0 Å². The zero-order chi connectivity index (χ0) is 5.58. The smallest absolute Gasteiger partial charge is 0.300 e. The van der Waals surface area contributed by atoms with Gasteiger partial charge in [-0.2, -0.15) is 0 Å². The Labute approximate surface area is 45.5 Å². The molecule has 0 unspecified atom stereocenters. The van der Waals surface area contributed by atoms with E-state index in [2.05, 4.69) is 0 Å². The number of carboxylic acid groups (broad SMARTS) is 1. The average Bonchev–Trinajstić information content (AvgIpc) is 1.41. The molecule has 0 aliphatic heterocycles. The van der Waals surface area contributed by atoms with Crippen molar-refractivity contribution in [1.29, 1.82) is 0 Å². The third-order valence-electron chi connectivity index (χ3n) is 0. The van der Waals surface area contributed by atoms with Gasteiger partial charge in [-0.05, 0) is 0 Å². The summed E-state index contributed by atoms with van der Waals surface area (Å²) < 4.78 is 0. The third kappa shape index (κ3) is 207. The first kappa shape index (κ1) is 26.6. The molecular formula is C2H10O6. The van der Waals surface area contributed by atoms with E-state index in [4.69, 9.17) is 20.4 Å². The number of carboxylic acids is 1. The van der Waals surface area contributed by atoms with Crippen molar-refractivity contribution in [3.05, 3.63) is 0 Å². The molecule has 0 saturated heterocycles. The van der Waals surface area contributed by atoms with Crippen LogP contribution in [-0.2, 0) is 4.79 Å². The molecule has 54 valence electrons. The second-order valence-electron chi connectivity index (χ2n) is 0.519. The molecule has 0 amide bonds. The quantitative estimate of drug-likeness (QED) is 0.270. The fourth-order valence-electron chi connectivity index (χ4n) is 0. The largest absolute Gasteiger partial charge is 0.481 e. The highest BCUT2D eigenvalue weighted by Gasteiger charge is 1.65. The Kier molecular flexibility index (Phi) is 111. The molecule has 0 heterocycles. The van der Waals surface area contributed by atoms with Gasteiger partial charge in [0.2, 0.25) is 0 Å². The molecule has 0 saturated carbocycles. The van der Waals surface area contributed by atoms with Gasteiger partial charge in [-0.15, -0.1) is 0 Å². The summed E-state index contributed by atoms with van der Waals surface area (Å²) in [5, 5.41) is 19.4. The third-order valence-corrected chi connectivity index (χ3v) is 0. The Balaban J connectivity index is -0.0000000183. The predicted octanol–water partition coefficient (Wildman–Crippen LogP) is -1.54. The molecule has 0 aliphatic carbocycles. The second kappa shape index (κ2) is 33.3. The van der Waals surface area contributed by atoms with Crippen LogP contribution in [0.25, 0.3) is 0 Å². The Bertz CT molecular complexity index is 29.5. The van der Waals surface area contributed by atoms with E-state index in [1.807, 2.05) is 0 Å². The monoisotopic (exact) mass is 130 g/mol. The Morgan fingerprint density at radius 3 is 1.25 bits per heavy atom. The lowest BCUT2D eigenvalue weighted by Crippen LogP contribution is -1.78. The molecule has 6 nitrogen and oxygen atoms in total. The van der Waals surface area contributed by atoms with E-state index in [9.17, 15) is 0 Å². The van der Waals surface area contributed by atoms with Crippen LogP contribution in [-0.4, -0.2) is 32.5 Å². The molecule has 0 aliphatic rings. The molecule has 0 atom stereocenters. The van der Waals surface area contributed by atoms with Crippen molar-refractivity contribution in [1.82, 2.24) is 0 Å². The summed E-state index contributed by atoms with van der Waals surface area (Å²) in [5.41, 5.74) is 0. The van der Waals surface area contributed by atoms with Gasteiger partial charge in [0.1, 0.15) is 0 Å². The maximum atomic E-state index is 9.00. The zero-order valence-electron chi connectivity index (χ0n) is 4.25. The van der Waals surface area contributed by atoms with Gasteiger partial charge in [0.05, 0.1) is 0 Å². The predicted molar refractivity (Wildman–Crippen MR) is 25.8 cm³/mol. The molecule has 0 aromatic rings. The summed E-state index contributed by atoms with van der Waals surface area (Å²) in [6.07, 6.45) is 0. The van der Waals surface area contributed by atoms with E-state index in [1.165, 1.54) is 0 Å². The first-order chi connectivity index (χ1) is 2.73. The highest BCUT2D eigenvalue weighted by atomic mass is 17.0. The minimum atomic E-state index is -0.833. The standard InChI is InChI=1S/C2H4O2.H2O2.2H2O/c1-2(3)4;1-2;;/h1H3,(H,3,4);1-2H;2*1H2. The van der Waals surface area contributed by atoms with Crippen LogP contribution in [0.1, 0.15) is 6.92 Å². The minimum absolute atomic E-state index is 0. The Morgan fingerprint density at radius 1 is 1.25 bits per heavy atom. The van der Waals surface area contributed by atoms with E-state index >= 15 is 0 Å². The van der Waals surface area contributed by atoms with E-state index in [1.54, 1.807) is 0 Å². The molecule has 0 fully saturated rings. The van der Waals surface area contributed by atoms with Crippen LogP contribution in [0.2, 0.25) is 0 Å². The molecular weight excluding hydrogens is 120 g/mol. The topological polar surface area (TPSA) is 141 Å². The Morgan fingerprint density at radius 2 is 1.25 bits per heavy atom. The number of rotatable bonds is 0. The number of aliphatic carboxylic acids is 1. The summed E-state index contributed by atoms with van der Waals surface area (Å²) in [6, 6.07) is 0. The SMILES string of the molecule is CC(=O)O.O.O.OO. The molecule has 0 aromatic heterocycles. The molecule has 0 bridgehead atoms. The van der Waals surface area contributed by atoms with Gasteiger partial charge in [0.15, 0.2) is 0 Å². The summed E-state index contributed by atoms with van der Waals surface area (Å²) in [6.45, 7) is 1.08. The van der Waals surface area contributed by atoms with E-state index < -0.39 is 5.97 Å². The van der Waals surface area contributed by atoms with Crippen LogP contribution >= 0.6 is 0 Å². The molecule has 0 rings (SSSR count). The lowest BCUT2D eigenvalue weighted by molar-refractivity contribution is -0.176. The summed E-state index contributed by atoms with van der Waals surface area (Å²) in [7, 11) is 0. The highest BCUT2D eigenvalue weighted by molar-refractivity contribution is 5.62. The van der Waals surface area contributed by atoms with Crippen LogP contribution in [0.3, 0.4) is 0 Å². The van der Waals surface area contributed by atoms with Gasteiger partial charge >= 0.3 is 0 Å². The fourth-order valence-corrected chi connectivity index (χ4v) is 0. The first-order valence-corrected chi connectivity index (χ1v) is 1.13. The van der Waals surface area contributed by atoms with Crippen molar-refractivity contribution in [3.63, 3.8) is 0 Å². The lowest BCUT2D eigenvalue weighted by Gasteiger charge is -1.59. The maximum Gasteiger partial charge on any atom is 0.300 e. The fraction of sp³-hybridized carbons (Fsp3) is 0.500. The van der Waals surface area contributed by atoms with Crippen molar-refractivity contribution in [2.45, 2.75) is 6.92 Å². The van der Waals surface area contributed by atoms with Gasteiger partial charge in [-0.1, -0.05) is 0 Å². The lowest BCUT2D eigenvalue weighted by atomic mass is 10.9. The average molecular weight is 130 g/mol. The van der Waals surface area contributed by atoms with Crippen molar-refractivity contribution in [2.24, 2.45) is 0 Å².